The summed E-state index contributed by atoms with van der Waals surface area (Å²) in [6.07, 6.45) is 2.80. The molecule has 1 aliphatic heterocycles. The number of benzene rings is 1. The summed E-state index contributed by atoms with van der Waals surface area (Å²) in [6.45, 7) is 0.651. The molecule has 0 atom stereocenters. The summed E-state index contributed by atoms with van der Waals surface area (Å²) in [4.78, 5) is 16.4. The number of fused-ring (bicyclic) bond motifs is 1. The van der Waals surface area contributed by atoms with E-state index in [0.717, 1.165) is 18.7 Å². The van der Waals surface area contributed by atoms with Crippen LogP contribution in [0.5, 0.6) is 11.5 Å². The minimum absolute atomic E-state index is 0.163. The van der Waals surface area contributed by atoms with Crippen molar-refractivity contribution in [2.45, 2.75) is 25.2 Å². The standard InChI is InChI=1S/C15H15N3O4/c19-14(10-3-4-11-12(7-10)21-8-20-11)16-6-5-13-17-15(22-18-13)9-1-2-9/h3-4,7,9H,1-2,5-6,8H2,(H,16,19). The fourth-order valence-electron chi connectivity index (χ4n) is 2.29. The first kappa shape index (κ1) is 13.1. The van der Waals surface area contributed by atoms with E-state index in [-0.39, 0.29) is 12.7 Å². The number of carbonyl (C=O) groups excluding carboxylic acids is 1. The Bertz CT molecular complexity index is 709. The fraction of sp³-hybridized carbons (Fsp3) is 0.400. The predicted molar refractivity (Wildman–Crippen MR) is 74.9 cm³/mol. The Hall–Kier alpha value is -2.57. The molecule has 1 aromatic heterocycles. The maximum Gasteiger partial charge on any atom is 0.251 e. The summed E-state index contributed by atoms with van der Waals surface area (Å²) in [5.41, 5.74) is 0.538. The number of amides is 1. The number of aromatic nitrogens is 2. The van der Waals surface area contributed by atoms with Crippen LogP contribution in [0.25, 0.3) is 0 Å². The highest BCUT2D eigenvalue weighted by atomic mass is 16.7. The molecule has 1 fully saturated rings. The second-order valence-corrected chi connectivity index (χ2v) is 5.40. The van der Waals surface area contributed by atoms with Crippen molar-refractivity contribution in [1.29, 1.82) is 0 Å². The summed E-state index contributed by atoms with van der Waals surface area (Å²) < 4.78 is 15.7. The van der Waals surface area contributed by atoms with Crippen LogP contribution in [0.3, 0.4) is 0 Å². The first-order chi connectivity index (χ1) is 10.8. The van der Waals surface area contributed by atoms with Crippen LogP contribution >= 0.6 is 0 Å². The molecule has 114 valence electrons. The molecule has 1 amide bonds. The van der Waals surface area contributed by atoms with Gasteiger partial charge in [-0.1, -0.05) is 5.16 Å². The number of nitrogens with zero attached hydrogens (tertiary/aromatic N) is 2. The SMILES string of the molecule is O=C(NCCc1noc(C2CC2)n1)c1ccc2c(c1)OCO2. The molecule has 1 saturated carbocycles. The lowest BCUT2D eigenvalue weighted by Gasteiger charge is -2.04. The van der Waals surface area contributed by atoms with Crippen LogP contribution in [0.15, 0.2) is 22.7 Å². The van der Waals surface area contributed by atoms with Crippen molar-refractivity contribution in [2.24, 2.45) is 0 Å². The highest BCUT2D eigenvalue weighted by Gasteiger charge is 2.29. The number of carbonyl (C=O) groups is 1. The van der Waals surface area contributed by atoms with E-state index in [1.165, 1.54) is 0 Å². The van der Waals surface area contributed by atoms with Crippen molar-refractivity contribution in [3.05, 3.63) is 35.5 Å². The largest absolute Gasteiger partial charge is 0.454 e. The molecule has 7 heteroatoms. The van der Waals surface area contributed by atoms with Crippen molar-refractivity contribution in [3.8, 4) is 11.5 Å². The highest BCUT2D eigenvalue weighted by Crippen LogP contribution is 2.38. The zero-order valence-electron chi connectivity index (χ0n) is 11.9. The van der Waals surface area contributed by atoms with Gasteiger partial charge in [0.25, 0.3) is 5.91 Å². The van der Waals surface area contributed by atoms with Gasteiger partial charge in [-0.3, -0.25) is 4.79 Å². The molecule has 2 heterocycles. The summed E-state index contributed by atoms with van der Waals surface area (Å²) in [5.74, 6) is 2.90. The number of rotatable bonds is 5. The Morgan fingerprint density at radius 3 is 3.00 bits per heavy atom. The van der Waals surface area contributed by atoms with Gasteiger partial charge in [-0.2, -0.15) is 4.98 Å². The number of hydrogen-bond acceptors (Lipinski definition) is 6. The lowest BCUT2D eigenvalue weighted by molar-refractivity contribution is 0.0953. The van der Waals surface area contributed by atoms with Gasteiger partial charge in [0.2, 0.25) is 12.7 Å². The van der Waals surface area contributed by atoms with Gasteiger partial charge in [0.15, 0.2) is 17.3 Å². The Morgan fingerprint density at radius 1 is 1.27 bits per heavy atom. The molecule has 7 nitrogen and oxygen atoms in total. The molecule has 0 radical (unpaired) electrons. The van der Waals surface area contributed by atoms with E-state index in [9.17, 15) is 4.79 Å². The Morgan fingerprint density at radius 2 is 2.14 bits per heavy atom. The van der Waals surface area contributed by atoms with E-state index < -0.39 is 0 Å². The maximum atomic E-state index is 12.1. The number of ether oxygens (including phenoxy) is 2. The van der Waals surface area contributed by atoms with Gasteiger partial charge in [-0.25, -0.2) is 0 Å². The average molecular weight is 301 g/mol. The van der Waals surface area contributed by atoms with Gasteiger partial charge in [0.1, 0.15) is 0 Å². The van der Waals surface area contributed by atoms with E-state index in [0.29, 0.717) is 41.8 Å². The Labute approximate surface area is 126 Å². The Balaban J connectivity index is 1.32. The Kier molecular flexibility index (Phi) is 3.17. The first-order valence-electron chi connectivity index (χ1n) is 7.30. The monoisotopic (exact) mass is 301 g/mol. The van der Waals surface area contributed by atoms with Crippen LogP contribution in [0.2, 0.25) is 0 Å². The minimum Gasteiger partial charge on any atom is -0.454 e. The normalized spacial score (nSPS) is 15.8. The van der Waals surface area contributed by atoms with Crippen LogP contribution in [0.4, 0.5) is 0 Å². The van der Waals surface area contributed by atoms with Crippen molar-refractivity contribution in [2.75, 3.05) is 13.3 Å². The third-order valence-corrected chi connectivity index (χ3v) is 3.68. The van der Waals surface area contributed by atoms with E-state index in [1.54, 1.807) is 18.2 Å². The molecular weight excluding hydrogens is 286 g/mol. The molecule has 2 aromatic rings. The van der Waals surface area contributed by atoms with Gasteiger partial charge >= 0.3 is 0 Å². The zero-order valence-corrected chi connectivity index (χ0v) is 11.9. The quantitative estimate of drug-likeness (QED) is 0.903. The smallest absolute Gasteiger partial charge is 0.251 e. The van der Waals surface area contributed by atoms with Crippen LogP contribution in [-0.2, 0) is 6.42 Å². The molecule has 0 bridgehead atoms. The summed E-state index contributed by atoms with van der Waals surface area (Å²) in [5, 5.41) is 6.76. The zero-order chi connectivity index (χ0) is 14.9. The van der Waals surface area contributed by atoms with Crippen LogP contribution in [0.1, 0.15) is 40.8 Å². The van der Waals surface area contributed by atoms with Gasteiger partial charge < -0.3 is 19.3 Å². The minimum atomic E-state index is -0.163. The summed E-state index contributed by atoms with van der Waals surface area (Å²) in [7, 11) is 0. The van der Waals surface area contributed by atoms with E-state index in [1.807, 2.05) is 0 Å². The molecule has 0 spiro atoms. The van der Waals surface area contributed by atoms with E-state index in [2.05, 4.69) is 15.5 Å². The third kappa shape index (κ3) is 2.61. The average Bonchev–Trinajstić information content (AvgIpc) is 3.09. The lowest BCUT2D eigenvalue weighted by Crippen LogP contribution is -2.25. The third-order valence-electron chi connectivity index (χ3n) is 3.68. The van der Waals surface area contributed by atoms with Crippen molar-refractivity contribution in [1.82, 2.24) is 15.5 Å². The molecule has 2 aliphatic rings. The molecule has 0 unspecified atom stereocenters. The topological polar surface area (TPSA) is 86.5 Å². The lowest BCUT2D eigenvalue weighted by atomic mass is 10.2. The fourth-order valence-corrected chi connectivity index (χ4v) is 2.29. The summed E-state index contributed by atoms with van der Waals surface area (Å²) >= 11 is 0. The maximum absolute atomic E-state index is 12.1. The second-order valence-electron chi connectivity index (χ2n) is 5.40. The van der Waals surface area contributed by atoms with Crippen LogP contribution in [0, 0.1) is 0 Å². The van der Waals surface area contributed by atoms with Crippen molar-refractivity contribution in [3.63, 3.8) is 0 Å². The number of hydrogen-bond donors (Lipinski definition) is 1. The van der Waals surface area contributed by atoms with Crippen molar-refractivity contribution >= 4 is 5.91 Å². The molecular formula is C15H15N3O4. The van der Waals surface area contributed by atoms with Crippen molar-refractivity contribution < 1.29 is 18.8 Å². The first-order valence-corrected chi connectivity index (χ1v) is 7.30. The molecule has 22 heavy (non-hydrogen) atoms. The van der Waals surface area contributed by atoms with Gasteiger partial charge in [0.05, 0.1) is 0 Å². The molecule has 1 aliphatic carbocycles. The van der Waals surface area contributed by atoms with Gasteiger partial charge in [-0.05, 0) is 31.0 Å². The predicted octanol–water partition coefficient (Wildman–Crippen LogP) is 1.65. The van der Waals surface area contributed by atoms with Crippen LogP contribution in [-0.4, -0.2) is 29.4 Å². The van der Waals surface area contributed by atoms with E-state index in [4.69, 9.17) is 14.0 Å². The van der Waals surface area contributed by atoms with Gasteiger partial charge in [-0.15, -0.1) is 0 Å². The molecule has 1 aromatic carbocycles. The highest BCUT2D eigenvalue weighted by molar-refractivity contribution is 5.94. The van der Waals surface area contributed by atoms with E-state index >= 15 is 0 Å². The van der Waals surface area contributed by atoms with Gasteiger partial charge in [0, 0.05) is 24.4 Å². The number of nitrogens with one attached hydrogen (secondary N) is 1. The summed E-state index contributed by atoms with van der Waals surface area (Å²) in [6, 6.07) is 5.12. The molecule has 0 saturated heterocycles. The van der Waals surface area contributed by atoms with Crippen LogP contribution < -0.4 is 14.8 Å². The molecule has 1 N–H and O–H groups in total. The second kappa shape index (κ2) is 5.32. The molecule has 4 rings (SSSR count).